The highest BCUT2D eigenvalue weighted by molar-refractivity contribution is 5.94. The summed E-state index contributed by atoms with van der Waals surface area (Å²) in [7, 11) is 0. The fourth-order valence-corrected chi connectivity index (χ4v) is 4.10. The van der Waals surface area contributed by atoms with E-state index in [-0.39, 0.29) is 11.4 Å². The van der Waals surface area contributed by atoms with E-state index in [0.717, 1.165) is 19.3 Å². The van der Waals surface area contributed by atoms with Crippen LogP contribution in [0, 0.1) is 11.3 Å². The summed E-state index contributed by atoms with van der Waals surface area (Å²) in [6, 6.07) is 0. The van der Waals surface area contributed by atoms with E-state index in [9.17, 15) is 9.90 Å². The Bertz CT molecular complexity index is 373. The summed E-state index contributed by atoms with van der Waals surface area (Å²) in [5.41, 5.74) is -0.408. The van der Waals surface area contributed by atoms with Gasteiger partial charge in [0.05, 0.1) is 12.2 Å². The number of aliphatic hydroxyl groups is 1. The van der Waals surface area contributed by atoms with Crippen molar-refractivity contribution in [3.63, 3.8) is 0 Å². The first-order valence-corrected chi connectivity index (χ1v) is 6.27. The Morgan fingerprint density at radius 2 is 2.38 bits per heavy atom. The Balaban J connectivity index is 1.92. The molecule has 1 N–H and O–H groups in total. The quantitative estimate of drug-likeness (QED) is 0.725. The van der Waals surface area contributed by atoms with Crippen LogP contribution < -0.4 is 0 Å². The molecule has 3 aliphatic rings. The maximum absolute atomic E-state index is 11.7. The molecule has 16 heavy (non-hydrogen) atoms. The van der Waals surface area contributed by atoms with Crippen LogP contribution in [0.1, 0.15) is 39.0 Å². The maximum atomic E-state index is 11.7. The van der Waals surface area contributed by atoms with Crippen LogP contribution in [-0.4, -0.2) is 23.3 Å². The van der Waals surface area contributed by atoms with Gasteiger partial charge in [-0.25, -0.2) is 4.79 Å². The van der Waals surface area contributed by atoms with Gasteiger partial charge in [-0.15, -0.1) is 0 Å². The van der Waals surface area contributed by atoms with Crippen LogP contribution in [-0.2, 0) is 9.53 Å². The third-order valence-electron chi connectivity index (χ3n) is 4.84. The summed E-state index contributed by atoms with van der Waals surface area (Å²) < 4.78 is 5.00. The van der Waals surface area contributed by atoms with Crippen LogP contribution in [0.2, 0.25) is 0 Å². The second-order valence-corrected chi connectivity index (χ2v) is 5.31. The van der Waals surface area contributed by atoms with Gasteiger partial charge >= 0.3 is 5.97 Å². The Labute approximate surface area is 95.5 Å². The van der Waals surface area contributed by atoms with Gasteiger partial charge < -0.3 is 9.84 Å². The first-order valence-electron chi connectivity index (χ1n) is 6.27. The first kappa shape index (κ1) is 10.3. The van der Waals surface area contributed by atoms with E-state index in [1.807, 2.05) is 6.08 Å². The fraction of sp³-hybridized carbons (Fsp3) is 0.769. The molecule has 2 fully saturated rings. The van der Waals surface area contributed by atoms with Crippen LogP contribution in [0.5, 0.6) is 0 Å². The molecule has 0 unspecified atom stereocenters. The van der Waals surface area contributed by atoms with Crippen LogP contribution in [0.3, 0.4) is 0 Å². The van der Waals surface area contributed by atoms with E-state index in [2.05, 4.69) is 0 Å². The third kappa shape index (κ3) is 0.956. The minimum Gasteiger partial charge on any atom is -0.463 e. The summed E-state index contributed by atoms with van der Waals surface area (Å²) in [6.45, 7) is 2.17. The summed E-state index contributed by atoms with van der Waals surface area (Å²) in [6.07, 6.45) is 7.22. The molecular formula is C13H18O3. The zero-order valence-electron chi connectivity index (χ0n) is 9.66. The van der Waals surface area contributed by atoms with Crippen LogP contribution >= 0.6 is 0 Å². The Morgan fingerprint density at radius 3 is 3.12 bits per heavy atom. The molecule has 0 aliphatic heterocycles. The van der Waals surface area contributed by atoms with Gasteiger partial charge in [0.25, 0.3) is 0 Å². The summed E-state index contributed by atoms with van der Waals surface area (Å²) in [4.78, 5) is 11.7. The van der Waals surface area contributed by atoms with Crippen molar-refractivity contribution in [1.82, 2.24) is 0 Å². The Hall–Kier alpha value is -0.830. The highest BCUT2D eigenvalue weighted by Crippen LogP contribution is 2.68. The lowest BCUT2D eigenvalue weighted by molar-refractivity contribution is -0.146. The lowest BCUT2D eigenvalue weighted by Crippen LogP contribution is -2.55. The van der Waals surface area contributed by atoms with Crippen molar-refractivity contribution in [2.45, 2.75) is 44.6 Å². The van der Waals surface area contributed by atoms with Crippen molar-refractivity contribution < 1.29 is 14.6 Å². The first-order chi connectivity index (χ1) is 7.64. The molecule has 0 bridgehead atoms. The lowest BCUT2D eigenvalue weighted by Gasteiger charge is -2.49. The number of rotatable bonds is 2. The van der Waals surface area contributed by atoms with Gasteiger partial charge in [0.2, 0.25) is 0 Å². The average Bonchev–Trinajstić information content (AvgIpc) is 2.75. The second kappa shape index (κ2) is 3.10. The van der Waals surface area contributed by atoms with Gasteiger partial charge in [0.15, 0.2) is 0 Å². The number of ether oxygens (including phenoxy) is 1. The normalized spacial score (nSPS) is 44.4. The van der Waals surface area contributed by atoms with Crippen molar-refractivity contribution in [1.29, 1.82) is 0 Å². The van der Waals surface area contributed by atoms with Gasteiger partial charge in [-0.3, -0.25) is 0 Å². The van der Waals surface area contributed by atoms with Crippen LogP contribution in [0.25, 0.3) is 0 Å². The Morgan fingerprint density at radius 1 is 1.56 bits per heavy atom. The fourth-order valence-electron chi connectivity index (χ4n) is 4.10. The SMILES string of the molecule is CCOC(=O)C1=C[C@]23CCC[C@H]2CC[C@]13O. The molecule has 0 aromatic heterocycles. The lowest BCUT2D eigenvalue weighted by atomic mass is 9.58. The van der Waals surface area contributed by atoms with Gasteiger partial charge in [-0.1, -0.05) is 12.5 Å². The summed E-state index contributed by atoms with van der Waals surface area (Å²) >= 11 is 0. The molecule has 0 aromatic carbocycles. The number of carbonyl (C=O) groups excluding carboxylic acids is 1. The van der Waals surface area contributed by atoms with Crippen LogP contribution in [0.15, 0.2) is 11.6 Å². The molecule has 3 rings (SSSR count). The summed E-state index contributed by atoms with van der Waals surface area (Å²) in [5, 5.41) is 10.7. The smallest absolute Gasteiger partial charge is 0.336 e. The summed E-state index contributed by atoms with van der Waals surface area (Å²) in [5.74, 6) is 0.277. The van der Waals surface area contributed by atoms with Crippen molar-refractivity contribution >= 4 is 5.97 Å². The molecule has 0 aromatic rings. The molecule has 0 radical (unpaired) electrons. The third-order valence-corrected chi connectivity index (χ3v) is 4.84. The average molecular weight is 222 g/mol. The van der Waals surface area contributed by atoms with Gasteiger partial charge in [0.1, 0.15) is 5.60 Å². The largest absolute Gasteiger partial charge is 0.463 e. The van der Waals surface area contributed by atoms with E-state index >= 15 is 0 Å². The zero-order valence-corrected chi connectivity index (χ0v) is 9.66. The van der Waals surface area contributed by atoms with Gasteiger partial charge in [-0.2, -0.15) is 0 Å². The molecule has 2 saturated carbocycles. The predicted molar refractivity (Wildman–Crippen MR) is 58.7 cm³/mol. The highest BCUT2D eigenvalue weighted by atomic mass is 16.5. The highest BCUT2D eigenvalue weighted by Gasteiger charge is 2.68. The van der Waals surface area contributed by atoms with E-state index in [1.54, 1.807) is 6.92 Å². The molecule has 0 amide bonds. The van der Waals surface area contributed by atoms with E-state index < -0.39 is 5.60 Å². The van der Waals surface area contributed by atoms with E-state index in [4.69, 9.17) is 4.74 Å². The minimum atomic E-state index is -0.861. The predicted octanol–water partition coefficient (Wildman–Crippen LogP) is 1.80. The minimum absolute atomic E-state index is 0.0743. The zero-order chi connectivity index (χ0) is 11.4. The van der Waals surface area contributed by atoms with E-state index in [0.29, 0.717) is 18.1 Å². The number of carbonyl (C=O) groups is 1. The standard InChI is InChI=1S/C13H18O3/c1-2-16-11(14)10-8-12-6-3-4-9(12)5-7-13(10,12)15/h8-9,15H,2-7H2,1H3/t9-,12+,13-/m0/s1. The topological polar surface area (TPSA) is 46.5 Å². The van der Waals surface area contributed by atoms with Gasteiger partial charge in [0, 0.05) is 5.41 Å². The molecule has 3 nitrogen and oxygen atoms in total. The van der Waals surface area contributed by atoms with Crippen molar-refractivity contribution in [3.8, 4) is 0 Å². The molecule has 3 atom stereocenters. The van der Waals surface area contributed by atoms with Crippen LogP contribution in [0.4, 0.5) is 0 Å². The second-order valence-electron chi connectivity index (χ2n) is 5.31. The Kier molecular flexibility index (Phi) is 2.00. The van der Waals surface area contributed by atoms with Crippen molar-refractivity contribution in [2.75, 3.05) is 6.61 Å². The number of hydrogen-bond acceptors (Lipinski definition) is 3. The van der Waals surface area contributed by atoms with Gasteiger partial charge in [-0.05, 0) is 38.5 Å². The molecular weight excluding hydrogens is 204 g/mol. The van der Waals surface area contributed by atoms with Crippen molar-refractivity contribution in [3.05, 3.63) is 11.6 Å². The molecule has 1 spiro atoms. The van der Waals surface area contributed by atoms with E-state index in [1.165, 1.54) is 12.8 Å². The molecule has 88 valence electrons. The molecule has 0 heterocycles. The molecule has 3 aliphatic carbocycles. The monoisotopic (exact) mass is 222 g/mol. The molecule has 3 heteroatoms. The number of esters is 1. The molecule has 0 saturated heterocycles. The maximum Gasteiger partial charge on any atom is 0.336 e. The van der Waals surface area contributed by atoms with Crippen molar-refractivity contribution in [2.24, 2.45) is 11.3 Å². The number of hydrogen-bond donors (Lipinski definition) is 1.